The summed E-state index contributed by atoms with van der Waals surface area (Å²) in [6.07, 6.45) is 3.50. The van der Waals surface area contributed by atoms with Gasteiger partial charge >= 0.3 is 0 Å². The molecule has 1 unspecified atom stereocenters. The molecule has 0 saturated heterocycles. The van der Waals surface area contributed by atoms with Crippen molar-refractivity contribution < 1.29 is 0 Å². The van der Waals surface area contributed by atoms with Gasteiger partial charge in [0.15, 0.2) is 5.82 Å². The quantitative estimate of drug-likeness (QED) is 0.866. The molecule has 0 aliphatic carbocycles. The lowest BCUT2D eigenvalue weighted by atomic mass is 10.1. The standard InChI is InChI=1S/C14H21N5/c1-4-7-12(5-2)15-13-8-6-9-14(10-13)19-11(3)16-17-18-19/h6,8-10,12,15H,4-5,7H2,1-3H3. The van der Waals surface area contributed by atoms with Crippen molar-refractivity contribution >= 4 is 5.69 Å². The lowest BCUT2D eigenvalue weighted by molar-refractivity contribution is 0.622. The Labute approximate surface area is 114 Å². The number of nitrogens with one attached hydrogen (secondary N) is 1. The summed E-state index contributed by atoms with van der Waals surface area (Å²) in [7, 11) is 0. The van der Waals surface area contributed by atoms with Gasteiger partial charge in [-0.3, -0.25) is 0 Å². The fourth-order valence-electron chi connectivity index (χ4n) is 2.16. The summed E-state index contributed by atoms with van der Waals surface area (Å²) >= 11 is 0. The number of hydrogen-bond donors (Lipinski definition) is 1. The molecule has 0 aliphatic rings. The molecular formula is C14H21N5. The van der Waals surface area contributed by atoms with Gasteiger partial charge in [-0.25, -0.2) is 0 Å². The average Bonchev–Trinajstić information content (AvgIpc) is 2.85. The zero-order valence-electron chi connectivity index (χ0n) is 11.8. The molecule has 1 atom stereocenters. The largest absolute Gasteiger partial charge is 0.382 e. The molecule has 5 nitrogen and oxygen atoms in total. The number of nitrogens with zero attached hydrogens (tertiary/aromatic N) is 4. The van der Waals surface area contributed by atoms with Gasteiger partial charge in [-0.1, -0.05) is 26.3 Å². The van der Waals surface area contributed by atoms with Crippen molar-refractivity contribution in [3.8, 4) is 5.69 Å². The molecule has 0 saturated carbocycles. The molecular weight excluding hydrogens is 238 g/mol. The number of aryl methyl sites for hydroxylation is 1. The predicted octanol–water partition coefficient (Wildman–Crippen LogP) is 2.96. The van der Waals surface area contributed by atoms with Crippen LogP contribution >= 0.6 is 0 Å². The van der Waals surface area contributed by atoms with E-state index in [9.17, 15) is 0 Å². The van der Waals surface area contributed by atoms with Crippen LogP contribution in [0.2, 0.25) is 0 Å². The van der Waals surface area contributed by atoms with Gasteiger partial charge in [0.1, 0.15) is 0 Å². The Balaban J connectivity index is 2.18. The third kappa shape index (κ3) is 3.30. The van der Waals surface area contributed by atoms with E-state index in [0.29, 0.717) is 6.04 Å². The summed E-state index contributed by atoms with van der Waals surface area (Å²) in [6, 6.07) is 8.73. The summed E-state index contributed by atoms with van der Waals surface area (Å²) in [5.74, 6) is 0.790. The Morgan fingerprint density at radius 2 is 2.16 bits per heavy atom. The van der Waals surface area contributed by atoms with Crippen LogP contribution in [0.4, 0.5) is 5.69 Å². The van der Waals surface area contributed by atoms with Gasteiger partial charge in [0.05, 0.1) is 5.69 Å². The first-order valence-electron chi connectivity index (χ1n) is 6.86. The normalized spacial score (nSPS) is 12.4. The molecule has 2 rings (SSSR count). The maximum Gasteiger partial charge on any atom is 0.153 e. The molecule has 1 aromatic heterocycles. The number of anilines is 1. The van der Waals surface area contributed by atoms with E-state index in [-0.39, 0.29) is 0 Å². The maximum atomic E-state index is 3.99. The number of tetrazole rings is 1. The molecule has 102 valence electrons. The van der Waals surface area contributed by atoms with Crippen LogP contribution in [0.3, 0.4) is 0 Å². The Hall–Kier alpha value is -1.91. The summed E-state index contributed by atoms with van der Waals surface area (Å²) in [4.78, 5) is 0. The van der Waals surface area contributed by atoms with Gasteiger partial charge in [-0.2, -0.15) is 4.68 Å². The van der Waals surface area contributed by atoms with Crippen LogP contribution in [0.15, 0.2) is 24.3 Å². The number of aromatic nitrogens is 4. The number of benzene rings is 1. The van der Waals surface area contributed by atoms with E-state index in [1.807, 2.05) is 19.1 Å². The highest BCUT2D eigenvalue weighted by Crippen LogP contribution is 2.17. The highest BCUT2D eigenvalue weighted by atomic mass is 15.5. The van der Waals surface area contributed by atoms with Gasteiger partial charge in [-0.05, 0) is 48.4 Å². The van der Waals surface area contributed by atoms with Crippen LogP contribution in [-0.2, 0) is 0 Å². The van der Waals surface area contributed by atoms with E-state index in [1.54, 1.807) is 4.68 Å². The summed E-state index contributed by atoms with van der Waals surface area (Å²) in [5, 5.41) is 15.1. The maximum absolute atomic E-state index is 3.99. The third-order valence-electron chi connectivity index (χ3n) is 3.22. The van der Waals surface area contributed by atoms with Gasteiger partial charge in [0.2, 0.25) is 0 Å². The van der Waals surface area contributed by atoms with Crippen LogP contribution in [0.1, 0.15) is 38.9 Å². The second-order valence-corrected chi connectivity index (χ2v) is 4.73. The fraction of sp³-hybridized carbons (Fsp3) is 0.500. The third-order valence-corrected chi connectivity index (χ3v) is 3.22. The molecule has 0 radical (unpaired) electrons. The van der Waals surface area contributed by atoms with E-state index >= 15 is 0 Å². The second-order valence-electron chi connectivity index (χ2n) is 4.73. The minimum atomic E-state index is 0.523. The van der Waals surface area contributed by atoms with E-state index in [1.165, 1.54) is 12.8 Å². The zero-order valence-corrected chi connectivity index (χ0v) is 11.8. The Morgan fingerprint density at radius 1 is 1.32 bits per heavy atom. The molecule has 1 aromatic carbocycles. The van der Waals surface area contributed by atoms with Crippen molar-refractivity contribution in [3.63, 3.8) is 0 Å². The summed E-state index contributed by atoms with van der Waals surface area (Å²) in [5.41, 5.74) is 2.10. The first kappa shape index (κ1) is 13.5. The number of rotatable bonds is 6. The first-order valence-corrected chi connectivity index (χ1v) is 6.86. The monoisotopic (exact) mass is 259 g/mol. The Kier molecular flexibility index (Phi) is 4.49. The molecule has 5 heteroatoms. The molecule has 2 aromatic rings. The lowest BCUT2D eigenvalue weighted by Gasteiger charge is -2.18. The topological polar surface area (TPSA) is 55.6 Å². The Morgan fingerprint density at radius 3 is 2.79 bits per heavy atom. The van der Waals surface area contributed by atoms with Gasteiger partial charge < -0.3 is 5.32 Å². The molecule has 19 heavy (non-hydrogen) atoms. The van der Waals surface area contributed by atoms with Crippen molar-refractivity contribution in [2.45, 2.75) is 46.1 Å². The van der Waals surface area contributed by atoms with E-state index < -0.39 is 0 Å². The summed E-state index contributed by atoms with van der Waals surface area (Å²) in [6.45, 7) is 6.32. The van der Waals surface area contributed by atoms with Crippen LogP contribution in [0, 0.1) is 6.92 Å². The van der Waals surface area contributed by atoms with Crippen molar-refractivity contribution in [1.82, 2.24) is 20.2 Å². The molecule has 0 amide bonds. The van der Waals surface area contributed by atoms with Crippen LogP contribution in [0.25, 0.3) is 5.69 Å². The average molecular weight is 259 g/mol. The highest BCUT2D eigenvalue weighted by molar-refractivity contribution is 5.51. The molecule has 0 spiro atoms. The van der Waals surface area contributed by atoms with Crippen LogP contribution in [-0.4, -0.2) is 26.2 Å². The molecule has 1 heterocycles. The van der Waals surface area contributed by atoms with E-state index in [4.69, 9.17) is 0 Å². The van der Waals surface area contributed by atoms with Gasteiger partial charge in [0, 0.05) is 11.7 Å². The van der Waals surface area contributed by atoms with Crippen molar-refractivity contribution in [3.05, 3.63) is 30.1 Å². The lowest BCUT2D eigenvalue weighted by Crippen LogP contribution is -2.18. The van der Waals surface area contributed by atoms with E-state index in [2.05, 4.69) is 46.8 Å². The minimum absolute atomic E-state index is 0.523. The first-order chi connectivity index (χ1) is 9.24. The summed E-state index contributed by atoms with van der Waals surface area (Å²) < 4.78 is 1.74. The molecule has 0 aliphatic heterocycles. The predicted molar refractivity (Wildman–Crippen MR) is 76.5 cm³/mol. The SMILES string of the molecule is CCCC(CC)Nc1cccc(-n2nnnc2C)c1. The van der Waals surface area contributed by atoms with Crippen LogP contribution < -0.4 is 5.32 Å². The zero-order chi connectivity index (χ0) is 13.7. The molecule has 0 fully saturated rings. The van der Waals surface area contributed by atoms with Crippen LogP contribution in [0.5, 0.6) is 0 Å². The Bertz CT molecular complexity index is 520. The second kappa shape index (κ2) is 6.31. The molecule has 1 N–H and O–H groups in total. The highest BCUT2D eigenvalue weighted by Gasteiger charge is 2.07. The number of hydrogen-bond acceptors (Lipinski definition) is 4. The van der Waals surface area contributed by atoms with E-state index in [0.717, 1.165) is 23.6 Å². The fourth-order valence-corrected chi connectivity index (χ4v) is 2.16. The van der Waals surface area contributed by atoms with Gasteiger partial charge in [-0.15, -0.1) is 5.10 Å². The van der Waals surface area contributed by atoms with Crippen molar-refractivity contribution in [2.24, 2.45) is 0 Å². The van der Waals surface area contributed by atoms with Crippen molar-refractivity contribution in [2.75, 3.05) is 5.32 Å². The van der Waals surface area contributed by atoms with Crippen molar-refractivity contribution in [1.29, 1.82) is 0 Å². The van der Waals surface area contributed by atoms with Gasteiger partial charge in [0.25, 0.3) is 0 Å². The smallest absolute Gasteiger partial charge is 0.153 e. The molecule has 0 bridgehead atoms. The minimum Gasteiger partial charge on any atom is -0.382 e.